The SMILES string of the molecule is CC(C)C1CCC(C2CCC(S(C)(=O)=O)CC2)CC1. The van der Waals surface area contributed by atoms with Crippen LogP contribution in [0.3, 0.4) is 0 Å². The molecule has 0 aromatic heterocycles. The topological polar surface area (TPSA) is 34.1 Å². The van der Waals surface area contributed by atoms with Gasteiger partial charge in [-0.15, -0.1) is 0 Å². The second kappa shape index (κ2) is 6.15. The van der Waals surface area contributed by atoms with Crippen molar-refractivity contribution >= 4 is 9.84 Å². The van der Waals surface area contributed by atoms with E-state index in [-0.39, 0.29) is 5.25 Å². The molecule has 2 rings (SSSR count). The van der Waals surface area contributed by atoms with Crippen LogP contribution in [0.25, 0.3) is 0 Å². The zero-order valence-corrected chi connectivity index (χ0v) is 13.6. The van der Waals surface area contributed by atoms with Gasteiger partial charge in [0.25, 0.3) is 0 Å². The van der Waals surface area contributed by atoms with E-state index in [4.69, 9.17) is 0 Å². The van der Waals surface area contributed by atoms with Crippen molar-refractivity contribution in [1.82, 2.24) is 0 Å². The fourth-order valence-corrected chi connectivity index (χ4v) is 5.40. The lowest BCUT2D eigenvalue weighted by Crippen LogP contribution is -2.31. The van der Waals surface area contributed by atoms with Crippen LogP contribution in [0, 0.1) is 23.7 Å². The minimum absolute atomic E-state index is 0.0456. The van der Waals surface area contributed by atoms with Crippen molar-refractivity contribution in [2.45, 2.75) is 70.5 Å². The third-order valence-electron chi connectivity index (χ3n) is 5.75. The first-order chi connectivity index (χ1) is 8.88. The molecule has 0 bridgehead atoms. The third kappa shape index (κ3) is 3.96. The molecule has 0 aromatic rings. The summed E-state index contributed by atoms with van der Waals surface area (Å²) in [6.07, 6.45) is 11.1. The van der Waals surface area contributed by atoms with E-state index in [0.717, 1.165) is 49.4 Å². The average Bonchev–Trinajstić information content (AvgIpc) is 2.38. The highest BCUT2D eigenvalue weighted by Crippen LogP contribution is 2.42. The van der Waals surface area contributed by atoms with Crippen LogP contribution >= 0.6 is 0 Å². The number of sulfone groups is 1. The minimum atomic E-state index is -2.80. The van der Waals surface area contributed by atoms with Crippen LogP contribution in [0.4, 0.5) is 0 Å². The molecule has 2 nitrogen and oxygen atoms in total. The van der Waals surface area contributed by atoms with E-state index in [1.165, 1.54) is 31.9 Å². The minimum Gasteiger partial charge on any atom is -0.229 e. The lowest BCUT2D eigenvalue weighted by atomic mass is 9.69. The summed E-state index contributed by atoms with van der Waals surface area (Å²) in [6, 6.07) is 0. The quantitative estimate of drug-likeness (QED) is 0.784. The van der Waals surface area contributed by atoms with E-state index in [9.17, 15) is 8.42 Å². The molecular formula is C16H30O2S. The second-order valence-electron chi connectivity index (χ2n) is 7.29. The zero-order valence-electron chi connectivity index (χ0n) is 12.8. The van der Waals surface area contributed by atoms with Gasteiger partial charge in [-0.2, -0.15) is 0 Å². The molecule has 0 spiro atoms. The molecule has 2 saturated carbocycles. The average molecular weight is 286 g/mol. The fraction of sp³-hybridized carbons (Fsp3) is 1.00. The largest absolute Gasteiger partial charge is 0.229 e. The van der Waals surface area contributed by atoms with Crippen LogP contribution in [-0.2, 0) is 9.84 Å². The summed E-state index contributed by atoms with van der Waals surface area (Å²) < 4.78 is 23.2. The molecule has 19 heavy (non-hydrogen) atoms. The molecule has 0 N–H and O–H groups in total. The van der Waals surface area contributed by atoms with Gasteiger partial charge in [-0.1, -0.05) is 13.8 Å². The van der Waals surface area contributed by atoms with Gasteiger partial charge in [0.2, 0.25) is 0 Å². The predicted octanol–water partition coefficient (Wildman–Crippen LogP) is 4.05. The van der Waals surface area contributed by atoms with Gasteiger partial charge in [-0.25, -0.2) is 8.42 Å². The van der Waals surface area contributed by atoms with Crippen LogP contribution < -0.4 is 0 Å². The Labute approximate surface area is 119 Å². The summed E-state index contributed by atoms with van der Waals surface area (Å²) in [4.78, 5) is 0. The van der Waals surface area contributed by atoms with Crippen LogP contribution in [-0.4, -0.2) is 19.9 Å². The highest BCUT2D eigenvalue weighted by Gasteiger charge is 2.33. The molecule has 0 unspecified atom stereocenters. The van der Waals surface area contributed by atoms with Crippen LogP contribution in [0.1, 0.15) is 65.2 Å². The van der Waals surface area contributed by atoms with Crippen molar-refractivity contribution in [1.29, 1.82) is 0 Å². The van der Waals surface area contributed by atoms with E-state index in [1.54, 1.807) is 0 Å². The summed E-state index contributed by atoms with van der Waals surface area (Å²) in [5, 5.41) is -0.0456. The first-order valence-corrected chi connectivity index (χ1v) is 10.0. The molecule has 0 aromatic carbocycles. The third-order valence-corrected chi connectivity index (χ3v) is 7.43. The predicted molar refractivity (Wildman–Crippen MR) is 80.9 cm³/mol. The second-order valence-corrected chi connectivity index (χ2v) is 9.61. The molecule has 2 fully saturated rings. The molecule has 3 heteroatoms. The molecule has 2 aliphatic carbocycles. The number of hydrogen-bond acceptors (Lipinski definition) is 2. The summed E-state index contributed by atoms with van der Waals surface area (Å²) in [5.41, 5.74) is 0. The Morgan fingerprint density at radius 1 is 0.789 bits per heavy atom. The summed E-state index contributed by atoms with van der Waals surface area (Å²) >= 11 is 0. The summed E-state index contributed by atoms with van der Waals surface area (Å²) in [7, 11) is -2.80. The van der Waals surface area contributed by atoms with Gasteiger partial charge in [0.05, 0.1) is 5.25 Å². The normalized spacial score (nSPS) is 37.5. The van der Waals surface area contributed by atoms with Crippen molar-refractivity contribution in [3.8, 4) is 0 Å². The molecule has 0 heterocycles. The van der Waals surface area contributed by atoms with Crippen LogP contribution in [0.2, 0.25) is 0 Å². The Balaban J connectivity index is 1.80. The Kier molecular flexibility index (Phi) is 4.97. The standard InChI is InChI=1S/C16H30O2S/c1-12(2)13-4-6-14(7-5-13)15-8-10-16(11-9-15)19(3,17)18/h12-16H,4-11H2,1-3H3. The monoisotopic (exact) mass is 286 g/mol. The molecule has 0 atom stereocenters. The maximum atomic E-state index is 11.6. The molecule has 0 saturated heterocycles. The van der Waals surface area contributed by atoms with Gasteiger partial charge >= 0.3 is 0 Å². The van der Waals surface area contributed by atoms with Gasteiger partial charge in [0.1, 0.15) is 9.84 Å². The molecular weight excluding hydrogens is 256 g/mol. The van der Waals surface area contributed by atoms with E-state index >= 15 is 0 Å². The maximum absolute atomic E-state index is 11.6. The highest BCUT2D eigenvalue weighted by molar-refractivity contribution is 7.91. The van der Waals surface area contributed by atoms with E-state index in [0.29, 0.717) is 0 Å². The fourth-order valence-electron chi connectivity index (χ4n) is 4.27. The Bertz CT molecular complexity index is 370. The summed E-state index contributed by atoms with van der Waals surface area (Å²) in [6.45, 7) is 4.70. The van der Waals surface area contributed by atoms with Gasteiger partial charge in [0, 0.05) is 6.26 Å². The molecule has 0 aliphatic heterocycles. The Hall–Kier alpha value is -0.0500. The smallest absolute Gasteiger partial charge is 0.150 e. The number of rotatable bonds is 3. The summed E-state index contributed by atoms with van der Waals surface area (Å²) in [5.74, 6) is 3.46. The van der Waals surface area contributed by atoms with Gasteiger partial charge in [-0.05, 0) is 75.0 Å². The van der Waals surface area contributed by atoms with Crippen LogP contribution in [0.5, 0.6) is 0 Å². The van der Waals surface area contributed by atoms with Gasteiger partial charge in [0.15, 0.2) is 0 Å². The molecule has 0 radical (unpaired) electrons. The molecule has 2 aliphatic rings. The van der Waals surface area contributed by atoms with Gasteiger partial charge in [-0.3, -0.25) is 0 Å². The van der Waals surface area contributed by atoms with Crippen molar-refractivity contribution < 1.29 is 8.42 Å². The van der Waals surface area contributed by atoms with Gasteiger partial charge < -0.3 is 0 Å². The Morgan fingerprint density at radius 2 is 1.21 bits per heavy atom. The maximum Gasteiger partial charge on any atom is 0.150 e. The van der Waals surface area contributed by atoms with Crippen LogP contribution in [0.15, 0.2) is 0 Å². The van der Waals surface area contributed by atoms with Crippen molar-refractivity contribution in [3.63, 3.8) is 0 Å². The van der Waals surface area contributed by atoms with Crippen molar-refractivity contribution in [2.24, 2.45) is 23.7 Å². The lowest BCUT2D eigenvalue weighted by molar-refractivity contribution is 0.148. The Morgan fingerprint density at radius 3 is 1.58 bits per heavy atom. The van der Waals surface area contributed by atoms with E-state index in [2.05, 4.69) is 13.8 Å². The first kappa shape index (κ1) is 15.3. The molecule has 112 valence electrons. The van der Waals surface area contributed by atoms with E-state index < -0.39 is 9.84 Å². The zero-order chi connectivity index (χ0) is 14.0. The van der Waals surface area contributed by atoms with E-state index in [1.807, 2.05) is 0 Å². The van der Waals surface area contributed by atoms with Crippen molar-refractivity contribution in [2.75, 3.05) is 6.26 Å². The number of hydrogen-bond donors (Lipinski definition) is 0. The van der Waals surface area contributed by atoms with Crippen molar-refractivity contribution in [3.05, 3.63) is 0 Å². The first-order valence-electron chi connectivity index (χ1n) is 8.06. The highest BCUT2D eigenvalue weighted by atomic mass is 32.2. The molecule has 0 amide bonds. The lowest BCUT2D eigenvalue weighted by Gasteiger charge is -2.38.